The highest BCUT2D eigenvalue weighted by atomic mass is 28.3. The molecule has 0 heterocycles. The molecule has 0 aliphatic rings. The molecule has 0 aliphatic heterocycles. The Balaban J connectivity index is 4.91. The van der Waals surface area contributed by atoms with Crippen LogP contribution < -0.4 is 0 Å². The monoisotopic (exact) mass is 219 g/mol. The Labute approximate surface area is 90.3 Å². The van der Waals surface area contributed by atoms with Crippen LogP contribution in [0.3, 0.4) is 0 Å². The second-order valence-electron chi connectivity index (χ2n) is 5.49. The number of hydrogen-bond acceptors (Lipinski definition) is 3. The molecule has 0 aliphatic carbocycles. The first-order chi connectivity index (χ1) is 6.14. The van der Waals surface area contributed by atoms with Crippen molar-refractivity contribution in [2.75, 3.05) is 14.2 Å². The minimum atomic E-state index is -1.72. The maximum atomic E-state index is 5.46. The van der Waals surface area contributed by atoms with Gasteiger partial charge in [0.1, 0.15) is 0 Å². The van der Waals surface area contributed by atoms with Crippen molar-refractivity contribution in [1.82, 2.24) is 4.57 Å². The first-order valence-corrected chi connectivity index (χ1v) is 6.45. The molecule has 86 valence electrons. The molecular weight excluding hydrogens is 194 g/mol. The van der Waals surface area contributed by atoms with Crippen molar-refractivity contribution in [3.05, 3.63) is 0 Å². The maximum absolute atomic E-state index is 5.46. The van der Waals surface area contributed by atoms with Crippen LogP contribution in [0.15, 0.2) is 0 Å². The van der Waals surface area contributed by atoms with E-state index >= 15 is 0 Å². The zero-order valence-corrected chi connectivity index (χ0v) is 12.0. The average Bonchev–Trinajstić information content (AvgIpc) is 1.94. The van der Waals surface area contributed by atoms with Crippen LogP contribution in [0, 0.1) is 0 Å². The number of nitrogens with zero attached hydrogens (tertiary/aromatic N) is 1. The summed E-state index contributed by atoms with van der Waals surface area (Å²) in [6.07, 6.45) is 0. The predicted octanol–water partition coefficient (Wildman–Crippen LogP) is 1.90. The van der Waals surface area contributed by atoms with Crippen molar-refractivity contribution in [1.29, 1.82) is 0 Å². The third kappa shape index (κ3) is 3.69. The summed E-state index contributed by atoms with van der Waals surface area (Å²) in [6, 6.07) is 0. The second kappa shape index (κ2) is 4.75. The fourth-order valence-corrected chi connectivity index (χ4v) is 3.82. The molecule has 0 N–H and O–H groups in total. The van der Waals surface area contributed by atoms with Crippen LogP contribution in [-0.2, 0) is 8.85 Å². The van der Waals surface area contributed by atoms with E-state index in [1.54, 1.807) is 14.2 Å². The zero-order chi connectivity index (χ0) is 11.6. The van der Waals surface area contributed by atoms with Gasteiger partial charge in [-0.15, -0.1) is 0 Å². The Morgan fingerprint density at radius 2 is 1.07 bits per heavy atom. The van der Waals surface area contributed by atoms with Crippen molar-refractivity contribution in [3.8, 4) is 0 Å². The Morgan fingerprint density at radius 3 is 1.14 bits per heavy atom. The lowest BCUT2D eigenvalue weighted by atomic mass is 10.0. The molecule has 0 amide bonds. The molecule has 0 bridgehead atoms. The molecule has 0 aromatic rings. The molecule has 4 heteroatoms. The van der Waals surface area contributed by atoms with E-state index in [1.165, 1.54) is 0 Å². The molecule has 0 saturated carbocycles. The molecule has 0 fully saturated rings. The lowest BCUT2D eigenvalue weighted by Crippen LogP contribution is -2.61. The summed E-state index contributed by atoms with van der Waals surface area (Å²) in [6.45, 7) is 13.1. The lowest BCUT2D eigenvalue weighted by Gasteiger charge is -2.47. The zero-order valence-electron chi connectivity index (χ0n) is 10.8. The van der Waals surface area contributed by atoms with Crippen LogP contribution in [0.4, 0.5) is 0 Å². The first-order valence-electron chi connectivity index (χ1n) is 4.99. The van der Waals surface area contributed by atoms with Gasteiger partial charge in [-0.1, -0.05) is 0 Å². The predicted molar refractivity (Wildman–Crippen MR) is 62.5 cm³/mol. The largest absolute Gasteiger partial charge is 0.411 e. The molecule has 0 radical (unpaired) electrons. The fourth-order valence-electron chi connectivity index (χ4n) is 1.95. The van der Waals surface area contributed by atoms with Gasteiger partial charge in [0, 0.05) is 25.3 Å². The highest BCUT2D eigenvalue weighted by Gasteiger charge is 2.39. The minimum absolute atomic E-state index is 0.0706. The van der Waals surface area contributed by atoms with E-state index in [2.05, 4.69) is 46.1 Å². The molecule has 3 nitrogen and oxygen atoms in total. The molecule has 0 atom stereocenters. The Bertz CT molecular complexity index is 154. The van der Waals surface area contributed by atoms with Gasteiger partial charge < -0.3 is 8.85 Å². The van der Waals surface area contributed by atoms with E-state index in [1.807, 2.05) is 0 Å². The maximum Gasteiger partial charge on any atom is 0.411 e. The van der Waals surface area contributed by atoms with Crippen molar-refractivity contribution >= 4 is 9.45 Å². The molecule has 0 unspecified atom stereocenters. The summed E-state index contributed by atoms with van der Waals surface area (Å²) in [5.41, 5.74) is 0.141. The van der Waals surface area contributed by atoms with Crippen molar-refractivity contribution < 1.29 is 8.85 Å². The number of rotatable bonds is 3. The smallest absolute Gasteiger partial charge is 0.388 e. The molecular formula is C10H25NO2Si. The van der Waals surface area contributed by atoms with Gasteiger partial charge in [0.25, 0.3) is 0 Å². The molecule has 0 aromatic heterocycles. The molecule has 0 spiro atoms. The first kappa shape index (κ1) is 14.1. The normalized spacial score (nSPS) is 14.1. The quantitative estimate of drug-likeness (QED) is 0.677. The SMILES string of the molecule is CO[SiH](OC)N(C(C)(C)C)C(C)(C)C. The minimum Gasteiger partial charge on any atom is -0.388 e. The van der Waals surface area contributed by atoms with Crippen molar-refractivity contribution in [2.24, 2.45) is 0 Å². The standard InChI is InChI=1S/C10H25NO2Si/c1-9(2,3)11(10(4,5)6)14(12-7)13-8/h14H,1-8H3. The summed E-state index contributed by atoms with van der Waals surface area (Å²) in [4.78, 5) is 0. The fraction of sp³-hybridized carbons (Fsp3) is 1.00. The Kier molecular flexibility index (Phi) is 4.78. The van der Waals surface area contributed by atoms with Gasteiger partial charge in [-0.2, -0.15) is 0 Å². The van der Waals surface area contributed by atoms with E-state index in [0.29, 0.717) is 0 Å². The average molecular weight is 219 g/mol. The van der Waals surface area contributed by atoms with Gasteiger partial charge in [-0.25, -0.2) is 0 Å². The van der Waals surface area contributed by atoms with Gasteiger partial charge >= 0.3 is 9.45 Å². The van der Waals surface area contributed by atoms with Crippen LogP contribution in [0.25, 0.3) is 0 Å². The van der Waals surface area contributed by atoms with Crippen LogP contribution in [0.1, 0.15) is 41.5 Å². The topological polar surface area (TPSA) is 21.7 Å². The van der Waals surface area contributed by atoms with Gasteiger partial charge in [0.2, 0.25) is 0 Å². The van der Waals surface area contributed by atoms with Crippen molar-refractivity contribution in [2.45, 2.75) is 52.6 Å². The van der Waals surface area contributed by atoms with Crippen LogP contribution in [0.5, 0.6) is 0 Å². The summed E-state index contributed by atoms with van der Waals surface area (Å²) in [5, 5.41) is 0. The highest BCUT2D eigenvalue weighted by Crippen LogP contribution is 2.26. The van der Waals surface area contributed by atoms with E-state index in [0.717, 1.165) is 0 Å². The van der Waals surface area contributed by atoms with Gasteiger partial charge in [-0.3, -0.25) is 4.57 Å². The molecule has 0 aromatic carbocycles. The van der Waals surface area contributed by atoms with Gasteiger partial charge in [-0.05, 0) is 41.5 Å². The second-order valence-corrected chi connectivity index (χ2v) is 7.56. The van der Waals surface area contributed by atoms with E-state index in [9.17, 15) is 0 Å². The summed E-state index contributed by atoms with van der Waals surface area (Å²) >= 11 is 0. The third-order valence-corrected chi connectivity index (χ3v) is 4.84. The third-order valence-electron chi connectivity index (χ3n) is 2.06. The number of hydrogen-bond donors (Lipinski definition) is 0. The van der Waals surface area contributed by atoms with Crippen LogP contribution in [-0.4, -0.2) is 39.3 Å². The highest BCUT2D eigenvalue weighted by molar-refractivity contribution is 6.41. The van der Waals surface area contributed by atoms with E-state index in [4.69, 9.17) is 8.85 Å². The summed E-state index contributed by atoms with van der Waals surface area (Å²) in [5.74, 6) is 0. The van der Waals surface area contributed by atoms with Gasteiger partial charge in [0.15, 0.2) is 0 Å². The lowest BCUT2D eigenvalue weighted by molar-refractivity contribution is 0.0660. The summed E-state index contributed by atoms with van der Waals surface area (Å²) in [7, 11) is 1.73. The molecule has 14 heavy (non-hydrogen) atoms. The molecule has 0 rings (SSSR count). The van der Waals surface area contributed by atoms with Crippen LogP contribution >= 0.6 is 0 Å². The summed E-state index contributed by atoms with van der Waals surface area (Å²) < 4.78 is 13.3. The van der Waals surface area contributed by atoms with Gasteiger partial charge in [0.05, 0.1) is 0 Å². The Morgan fingerprint density at radius 1 is 0.786 bits per heavy atom. The van der Waals surface area contributed by atoms with Crippen LogP contribution in [0.2, 0.25) is 0 Å². The van der Waals surface area contributed by atoms with E-state index < -0.39 is 9.45 Å². The van der Waals surface area contributed by atoms with Crippen molar-refractivity contribution in [3.63, 3.8) is 0 Å². The Hall–Kier alpha value is 0.0969. The molecule has 0 saturated heterocycles. The van der Waals surface area contributed by atoms with E-state index in [-0.39, 0.29) is 11.1 Å².